The lowest BCUT2D eigenvalue weighted by Crippen LogP contribution is -2.38. The third kappa shape index (κ3) is 3.80. The summed E-state index contributed by atoms with van der Waals surface area (Å²) < 4.78 is 5.25. The minimum Gasteiger partial charge on any atom is -0.495 e. The van der Waals surface area contributed by atoms with Gasteiger partial charge in [-0.25, -0.2) is 0 Å². The standard InChI is InChI=1S/C15H22ClN3O2/c1-10-5-11(7-17)9-19(10)15(20)8-18-13-6-12(16)3-4-14(13)21-2/h3-4,6,10-11,18H,5,7-9,17H2,1-2H3. The minimum absolute atomic E-state index is 0.0699. The molecule has 0 radical (unpaired) electrons. The van der Waals surface area contributed by atoms with Gasteiger partial charge in [0.15, 0.2) is 0 Å². The zero-order chi connectivity index (χ0) is 15.4. The summed E-state index contributed by atoms with van der Waals surface area (Å²) in [4.78, 5) is 14.2. The lowest BCUT2D eigenvalue weighted by atomic mass is 10.1. The van der Waals surface area contributed by atoms with Gasteiger partial charge in [-0.15, -0.1) is 0 Å². The van der Waals surface area contributed by atoms with Crippen LogP contribution in [0.25, 0.3) is 0 Å². The molecule has 6 heteroatoms. The van der Waals surface area contributed by atoms with E-state index in [1.807, 2.05) is 4.90 Å². The fourth-order valence-corrected chi connectivity index (χ4v) is 2.92. The van der Waals surface area contributed by atoms with Crippen LogP contribution in [0.1, 0.15) is 13.3 Å². The van der Waals surface area contributed by atoms with E-state index < -0.39 is 0 Å². The van der Waals surface area contributed by atoms with E-state index in [9.17, 15) is 4.79 Å². The number of amides is 1. The molecule has 116 valence electrons. The largest absolute Gasteiger partial charge is 0.495 e. The van der Waals surface area contributed by atoms with E-state index in [-0.39, 0.29) is 18.5 Å². The van der Waals surface area contributed by atoms with Crippen molar-refractivity contribution in [2.75, 3.05) is 32.1 Å². The number of benzene rings is 1. The van der Waals surface area contributed by atoms with Crippen molar-refractivity contribution in [2.24, 2.45) is 11.7 Å². The maximum Gasteiger partial charge on any atom is 0.242 e. The maximum atomic E-state index is 12.3. The zero-order valence-electron chi connectivity index (χ0n) is 12.4. The molecular formula is C15H22ClN3O2. The van der Waals surface area contributed by atoms with Gasteiger partial charge in [-0.1, -0.05) is 11.6 Å². The number of carbonyl (C=O) groups is 1. The summed E-state index contributed by atoms with van der Waals surface area (Å²) in [6.07, 6.45) is 0.975. The van der Waals surface area contributed by atoms with Crippen molar-refractivity contribution in [1.29, 1.82) is 0 Å². The lowest BCUT2D eigenvalue weighted by Gasteiger charge is -2.22. The molecule has 2 rings (SSSR count). The van der Waals surface area contributed by atoms with E-state index in [0.717, 1.165) is 18.7 Å². The third-order valence-electron chi connectivity index (χ3n) is 3.91. The first-order valence-electron chi connectivity index (χ1n) is 7.12. The van der Waals surface area contributed by atoms with Crippen LogP contribution in [-0.4, -0.2) is 43.6 Å². The average Bonchev–Trinajstić information content (AvgIpc) is 2.86. The predicted octanol–water partition coefficient (Wildman–Crippen LogP) is 1.96. The molecule has 0 bridgehead atoms. The quantitative estimate of drug-likeness (QED) is 0.872. The maximum absolute atomic E-state index is 12.3. The van der Waals surface area contributed by atoms with Crippen LogP contribution in [-0.2, 0) is 4.79 Å². The normalized spacial score (nSPS) is 21.4. The number of halogens is 1. The van der Waals surface area contributed by atoms with Crippen molar-refractivity contribution in [3.05, 3.63) is 23.2 Å². The second kappa shape index (κ2) is 7.00. The molecule has 1 aliphatic rings. The van der Waals surface area contributed by atoms with E-state index >= 15 is 0 Å². The molecule has 1 aromatic rings. The highest BCUT2D eigenvalue weighted by atomic mass is 35.5. The summed E-state index contributed by atoms with van der Waals surface area (Å²) in [5, 5.41) is 3.70. The first-order valence-corrected chi connectivity index (χ1v) is 7.50. The number of carbonyl (C=O) groups excluding carboxylic acids is 1. The van der Waals surface area contributed by atoms with Gasteiger partial charge in [0.25, 0.3) is 0 Å². The molecule has 2 atom stereocenters. The van der Waals surface area contributed by atoms with Crippen LogP contribution in [0.3, 0.4) is 0 Å². The van der Waals surface area contributed by atoms with E-state index in [4.69, 9.17) is 22.1 Å². The SMILES string of the molecule is COc1ccc(Cl)cc1NCC(=O)N1CC(CN)CC1C. The van der Waals surface area contributed by atoms with Crippen molar-refractivity contribution in [1.82, 2.24) is 4.90 Å². The second-order valence-electron chi connectivity index (χ2n) is 5.43. The second-order valence-corrected chi connectivity index (χ2v) is 5.87. The van der Waals surface area contributed by atoms with Crippen LogP contribution in [0.4, 0.5) is 5.69 Å². The Labute approximate surface area is 130 Å². The minimum atomic E-state index is 0.0699. The van der Waals surface area contributed by atoms with Crippen LogP contribution in [0, 0.1) is 5.92 Å². The number of hydrogen-bond donors (Lipinski definition) is 2. The molecule has 1 amide bonds. The summed E-state index contributed by atoms with van der Waals surface area (Å²) in [7, 11) is 1.59. The van der Waals surface area contributed by atoms with Gasteiger partial charge in [0.05, 0.1) is 19.3 Å². The number of rotatable bonds is 5. The molecule has 3 N–H and O–H groups in total. The number of likely N-dealkylation sites (tertiary alicyclic amines) is 1. The monoisotopic (exact) mass is 311 g/mol. The Morgan fingerprint density at radius 3 is 2.95 bits per heavy atom. The summed E-state index contributed by atoms with van der Waals surface area (Å²) in [6, 6.07) is 5.53. The van der Waals surface area contributed by atoms with Crippen molar-refractivity contribution >= 4 is 23.2 Å². The smallest absolute Gasteiger partial charge is 0.242 e. The molecular weight excluding hydrogens is 290 g/mol. The Balaban J connectivity index is 1.97. The number of anilines is 1. The molecule has 1 fully saturated rings. The zero-order valence-corrected chi connectivity index (χ0v) is 13.2. The highest BCUT2D eigenvalue weighted by Crippen LogP contribution is 2.28. The van der Waals surface area contributed by atoms with Crippen molar-refractivity contribution in [2.45, 2.75) is 19.4 Å². The molecule has 1 aliphatic heterocycles. The first-order chi connectivity index (χ1) is 10.0. The Bertz CT molecular complexity index is 510. The Hall–Kier alpha value is -1.46. The molecule has 0 spiro atoms. The number of hydrogen-bond acceptors (Lipinski definition) is 4. The summed E-state index contributed by atoms with van der Waals surface area (Å²) >= 11 is 5.97. The summed E-state index contributed by atoms with van der Waals surface area (Å²) in [5.74, 6) is 1.15. The van der Waals surface area contributed by atoms with Gasteiger partial charge in [-0.3, -0.25) is 4.79 Å². The number of methoxy groups -OCH3 is 1. The highest BCUT2D eigenvalue weighted by Gasteiger charge is 2.31. The molecule has 0 aliphatic carbocycles. The van der Waals surface area contributed by atoms with Gasteiger partial charge in [-0.2, -0.15) is 0 Å². The van der Waals surface area contributed by atoms with Gasteiger partial charge in [0.2, 0.25) is 5.91 Å². The van der Waals surface area contributed by atoms with Crippen LogP contribution >= 0.6 is 11.6 Å². The fourth-order valence-electron chi connectivity index (χ4n) is 2.75. The van der Waals surface area contributed by atoms with Gasteiger partial charge >= 0.3 is 0 Å². The van der Waals surface area contributed by atoms with Gasteiger partial charge in [-0.05, 0) is 44.0 Å². The van der Waals surface area contributed by atoms with Gasteiger partial charge < -0.3 is 20.7 Å². The fraction of sp³-hybridized carbons (Fsp3) is 0.533. The van der Waals surface area contributed by atoms with Crippen LogP contribution in [0.15, 0.2) is 18.2 Å². The molecule has 1 saturated heterocycles. The van der Waals surface area contributed by atoms with E-state index in [1.165, 1.54) is 0 Å². The predicted molar refractivity (Wildman–Crippen MR) is 84.8 cm³/mol. The third-order valence-corrected chi connectivity index (χ3v) is 4.14. The molecule has 1 aromatic carbocycles. The first kappa shape index (κ1) is 15.9. The van der Waals surface area contributed by atoms with E-state index in [2.05, 4.69) is 12.2 Å². The summed E-state index contributed by atoms with van der Waals surface area (Å²) in [5.41, 5.74) is 6.42. The molecule has 21 heavy (non-hydrogen) atoms. The van der Waals surface area contributed by atoms with E-state index in [0.29, 0.717) is 23.2 Å². The Morgan fingerprint density at radius 2 is 2.33 bits per heavy atom. The van der Waals surface area contributed by atoms with Gasteiger partial charge in [0, 0.05) is 17.6 Å². The van der Waals surface area contributed by atoms with Crippen LogP contribution < -0.4 is 15.8 Å². The average molecular weight is 312 g/mol. The molecule has 5 nitrogen and oxygen atoms in total. The number of nitrogens with two attached hydrogens (primary N) is 1. The highest BCUT2D eigenvalue weighted by molar-refractivity contribution is 6.30. The van der Waals surface area contributed by atoms with Crippen molar-refractivity contribution < 1.29 is 9.53 Å². The Kier molecular flexibility index (Phi) is 5.31. The molecule has 0 aromatic heterocycles. The summed E-state index contributed by atoms with van der Waals surface area (Å²) in [6.45, 7) is 3.65. The number of nitrogens with one attached hydrogen (secondary N) is 1. The van der Waals surface area contributed by atoms with Gasteiger partial charge in [0.1, 0.15) is 5.75 Å². The molecule has 2 unspecified atom stereocenters. The Morgan fingerprint density at radius 1 is 1.57 bits per heavy atom. The number of nitrogens with zero attached hydrogens (tertiary/aromatic N) is 1. The molecule has 0 saturated carbocycles. The van der Waals surface area contributed by atoms with Crippen molar-refractivity contribution in [3.63, 3.8) is 0 Å². The van der Waals surface area contributed by atoms with Crippen LogP contribution in [0.5, 0.6) is 5.75 Å². The van der Waals surface area contributed by atoms with Crippen LogP contribution in [0.2, 0.25) is 5.02 Å². The number of ether oxygens (including phenoxy) is 1. The van der Waals surface area contributed by atoms with Crippen molar-refractivity contribution in [3.8, 4) is 5.75 Å². The topological polar surface area (TPSA) is 67.6 Å². The molecule has 1 heterocycles. The lowest BCUT2D eigenvalue weighted by molar-refractivity contribution is -0.129. The van der Waals surface area contributed by atoms with E-state index in [1.54, 1.807) is 25.3 Å².